The summed E-state index contributed by atoms with van der Waals surface area (Å²) in [7, 11) is -1.95. The Kier molecular flexibility index (Phi) is 7.57. The summed E-state index contributed by atoms with van der Waals surface area (Å²) in [5, 5.41) is 3.95. The van der Waals surface area contributed by atoms with Crippen molar-refractivity contribution in [3.05, 3.63) is 127 Å². The van der Waals surface area contributed by atoms with Gasteiger partial charge in [-0.3, -0.25) is 4.79 Å². The molecular weight excluding hydrogens is 407 g/mol. The zero-order chi connectivity index (χ0) is 19.9. The first-order valence-corrected chi connectivity index (χ1v) is 11.9. The van der Waals surface area contributed by atoms with E-state index >= 15 is 0 Å². The number of ketones is 1. The van der Waals surface area contributed by atoms with E-state index in [-0.39, 0.29) is 18.2 Å². The van der Waals surface area contributed by atoms with Crippen LogP contribution in [-0.2, 0) is 0 Å². The second-order valence-corrected chi connectivity index (χ2v) is 10.7. The van der Waals surface area contributed by atoms with E-state index in [0.717, 1.165) is 11.7 Å². The van der Waals surface area contributed by atoms with Gasteiger partial charge in [-0.2, -0.15) is 0 Å². The maximum Gasteiger partial charge on any atom is 0.166 e. The molecule has 0 atom stereocenters. The number of carbonyl (C=O) groups is 1. The van der Waals surface area contributed by atoms with Crippen LogP contribution in [0.1, 0.15) is 16.8 Å². The van der Waals surface area contributed by atoms with Crippen LogP contribution in [0.15, 0.2) is 121 Å². The first-order valence-electron chi connectivity index (χ1n) is 9.94. The summed E-state index contributed by atoms with van der Waals surface area (Å²) >= 11 is 0. The minimum absolute atomic E-state index is 0. The van der Waals surface area contributed by atoms with E-state index in [1.165, 1.54) is 15.9 Å². The molecule has 0 unspecified atom stereocenters. The van der Waals surface area contributed by atoms with Gasteiger partial charge in [0, 0.05) is 12.0 Å². The van der Waals surface area contributed by atoms with E-state index in [9.17, 15) is 4.79 Å². The van der Waals surface area contributed by atoms with E-state index in [1.54, 1.807) is 0 Å². The summed E-state index contributed by atoms with van der Waals surface area (Å²) in [6.07, 6.45) is 1.34. The Morgan fingerprint density at radius 2 is 0.867 bits per heavy atom. The van der Waals surface area contributed by atoms with Crippen LogP contribution in [0.25, 0.3) is 0 Å². The van der Waals surface area contributed by atoms with Crippen molar-refractivity contribution in [2.24, 2.45) is 0 Å². The van der Waals surface area contributed by atoms with Crippen LogP contribution in [0.4, 0.5) is 0 Å². The summed E-state index contributed by atoms with van der Waals surface area (Å²) in [4.78, 5) is 13.0. The van der Waals surface area contributed by atoms with E-state index in [2.05, 4.69) is 91.0 Å². The van der Waals surface area contributed by atoms with Crippen molar-refractivity contribution in [2.45, 2.75) is 6.42 Å². The monoisotopic (exact) mass is 430 g/mol. The Hall–Kier alpha value is -2.73. The normalized spacial score (nSPS) is 10.8. The number of hydrogen-bond acceptors (Lipinski definition) is 1. The number of carbonyl (C=O) groups excluding carboxylic acids is 1. The van der Waals surface area contributed by atoms with E-state index in [1.807, 2.05) is 30.3 Å². The van der Waals surface area contributed by atoms with E-state index < -0.39 is 7.26 Å². The highest BCUT2D eigenvalue weighted by atomic mass is 35.5. The number of rotatable bonds is 7. The predicted molar refractivity (Wildman–Crippen MR) is 125 cm³/mol. The molecule has 0 amide bonds. The van der Waals surface area contributed by atoms with Gasteiger partial charge in [-0.25, -0.2) is 0 Å². The quantitative estimate of drug-likeness (QED) is 0.325. The molecule has 4 rings (SSSR count). The lowest BCUT2D eigenvalue weighted by molar-refractivity contribution is -0.0000134. The summed E-state index contributed by atoms with van der Waals surface area (Å²) in [6.45, 7) is 0. The molecule has 0 N–H and O–H groups in total. The standard InChI is InChI=1S/C27H24OP.ClH/c28-27(23-13-5-1-6-14-23)21-22-29(24-15-7-2-8-16-24,25-17-9-3-10-18-25)26-19-11-4-12-20-26;/h1-20H,21-22H2;1H/q+1;/p-1. The second-order valence-electron chi connectivity index (χ2n) is 7.08. The Balaban J connectivity index is 0.00000256. The maximum atomic E-state index is 13.0. The van der Waals surface area contributed by atoms with Crippen molar-refractivity contribution in [2.75, 3.05) is 6.16 Å². The number of benzene rings is 4. The van der Waals surface area contributed by atoms with Gasteiger partial charge in [0.05, 0.1) is 6.16 Å². The molecule has 0 aliphatic carbocycles. The van der Waals surface area contributed by atoms with Crippen molar-refractivity contribution in [3.8, 4) is 0 Å². The lowest BCUT2D eigenvalue weighted by Crippen LogP contribution is -3.00. The molecule has 0 heterocycles. The molecule has 0 radical (unpaired) electrons. The van der Waals surface area contributed by atoms with Crippen molar-refractivity contribution in [3.63, 3.8) is 0 Å². The number of hydrogen-bond donors (Lipinski definition) is 0. The highest BCUT2D eigenvalue weighted by molar-refractivity contribution is 7.95. The molecule has 1 nitrogen and oxygen atoms in total. The predicted octanol–water partition coefficient (Wildman–Crippen LogP) is 2.26. The van der Waals surface area contributed by atoms with Crippen LogP contribution in [0, 0.1) is 0 Å². The fraction of sp³-hybridized carbons (Fsp3) is 0.0741. The SMILES string of the molecule is O=C(CC[P+](c1ccccc1)(c1ccccc1)c1ccccc1)c1ccccc1.[Cl-]. The van der Waals surface area contributed by atoms with Gasteiger partial charge in [0.2, 0.25) is 0 Å². The highest BCUT2D eigenvalue weighted by Crippen LogP contribution is 2.55. The first-order chi connectivity index (χ1) is 14.3. The smallest absolute Gasteiger partial charge is 0.166 e. The summed E-state index contributed by atoms with van der Waals surface area (Å²) < 4.78 is 0. The van der Waals surface area contributed by atoms with Crippen LogP contribution in [0.5, 0.6) is 0 Å². The molecule has 3 heteroatoms. The average molecular weight is 431 g/mol. The van der Waals surface area contributed by atoms with Crippen LogP contribution in [0.2, 0.25) is 0 Å². The van der Waals surface area contributed by atoms with Gasteiger partial charge >= 0.3 is 0 Å². The van der Waals surface area contributed by atoms with Crippen LogP contribution >= 0.6 is 7.26 Å². The van der Waals surface area contributed by atoms with Gasteiger partial charge in [-0.15, -0.1) is 0 Å². The topological polar surface area (TPSA) is 17.1 Å². The molecule has 4 aromatic rings. The Bertz CT molecular complexity index is 954. The van der Waals surface area contributed by atoms with Gasteiger partial charge in [0.25, 0.3) is 0 Å². The van der Waals surface area contributed by atoms with Crippen LogP contribution < -0.4 is 28.3 Å². The molecule has 30 heavy (non-hydrogen) atoms. The van der Waals surface area contributed by atoms with E-state index in [4.69, 9.17) is 0 Å². The van der Waals surface area contributed by atoms with Gasteiger partial charge < -0.3 is 12.4 Å². The third-order valence-electron chi connectivity index (χ3n) is 5.36. The molecule has 4 aromatic carbocycles. The third kappa shape index (κ3) is 4.54. The van der Waals surface area contributed by atoms with Crippen molar-refractivity contribution >= 4 is 29.0 Å². The first kappa shape index (κ1) is 22.0. The van der Waals surface area contributed by atoms with Crippen LogP contribution in [0.3, 0.4) is 0 Å². The fourth-order valence-corrected chi connectivity index (χ4v) is 8.17. The maximum absolute atomic E-state index is 13.0. The molecule has 0 bridgehead atoms. The Labute approximate surface area is 185 Å². The zero-order valence-corrected chi connectivity index (χ0v) is 18.3. The number of Topliss-reactive ketones (excluding diaryl/α,β-unsaturated/α-hetero) is 1. The number of halogens is 1. The molecular formula is C27H24ClOP. The molecule has 0 aliphatic heterocycles. The van der Waals surface area contributed by atoms with Crippen molar-refractivity contribution in [1.29, 1.82) is 0 Å². The van der Waals surface area contributed by atoms with Crippen molar-refractivity contribution < 1.29 is 17.2 Å². The average Bonchev–Trinajstić information content (AvgIpc) is 2.82. The fourth-order valence-electron chi connectivity index (χ4n) is 3.92. The van der Waals surface area contributed by atoms with Gasteiger partial charge in [0.1, 0.15) is 23.2 Å². The second kappa shape index (κ2) is 10.3. The largest absolute Gasteiger partial charge is 1.00 e. The summed E-state index contributed by atoms with van der Waals surface area (Å²) in [5.41, 5.74) is 0.791. The lowest BCUT2D eigenvalue weighted by Gasteiger charge is -2.27. The van der Waals surface area contributed by atoms with Gasteiger partial charge in [-0.05, 0) is 36.4 Å². The minimum atomic E-state index is -1.95. The molecule has 0 fully saturated rings. The van der Waals surface area contributed by atoms with E-state index in [0.29, 0.717) is 6.42 Å². The van der Waals surface area contributed by atoms with Crippen molar-refractivity contribution in [1.82, 2.24) is 0 Å². The Morgan fingerprint density at radius 3 is 1.23 bits per heavy atom. The van der Waals surface area contributed by atoms with Crippen LogP contribution in [-0.4, -0.2) is 11.9 Å². The van der Waals surface area contributed by atoms with Gasteiger partial charge in [-0.1, -0.05) is 84.9 Å². The highest BCUT2D eigenvalue weighted by Gasteiger charge is 2.45. The Morgan fingerprint density at radius 1 is 0.533 bits per heavy atom. The molecule has 0 aromatic heterocycles. The minimum Gasteiger partial charge on any atom is -1.00 e. The summed E-state index contributed by atoms with van der Waals surface area (Å²) in [5.74, 6) is 0.206. The molecule has 0 spiro atoms. The zero-order valence-electron chi connectivity index (χ0n) is 16.7. The molecule has 0 saturated heterocycles. The summed E-state index contributed by atoms with van der Waals surface area (Å²) in [6, 6.07) is 41.8. The third-order valence-corrected chi connectivity index (χ3v) is 9.79. The molecule has 0 aliphatic rings. The van der Waals surface area contributed by atoms with Gasteiger partial charge in [0.15, 0.2) is 5.78 Å². The molecule has 150 valence electrons. The lowest BCUT2D eigenvalue weighted by atomic mass is 10.1. The molecule has 0 saturated carbocycles.